The van der Waals surface area contributed by atoms with Crippen LogP contribution in [0.15, 0.2) is 43.0 Å². The number of carbonyl (C=O) groups excluding carboxylic acids is 1. The maximum absolute atomic E-state index is 11.9. The zero-order valence-electron chi connectivity index (χ0n) is 10.8. The second-order valence-corrected chi connectivity index (χ2v) is 5.07. The lowest BCUT2D eigenvalue weighted by Gasteiger charge is -2.22. The number of hydrogen-bond donors (Lipinski definition) is 0. The summed E-state index contributed by atoms with van der Waals surface area (Å²) in [7, 11) is 0. The summed E-state index contributed by atoms with van der Waals surface area (Å²) in [6.07, 6.45) is 2.29. The third kappa shape index (κ3) is 4.85. The maximum Gasteiger partial charge on any atom is 0.313 e. The van der Waals surface area contributed by atoms with E-state index >= 15 is 0 Å². The molecule has 1 aromatic rings. The van der Waals surface area contributed by atoms with E-state index in [1.807, 2.05) is 51.1 Å². The van der Waals surface area contributed by atoms with E-state index in [0.717, 1.165) is 5.56 Å². The van der Waals surface area contributed by atoms with Crippen LogP contribution in [-0.2, 0) is 16.0 Å². The minimum atomic E-state index is -0.449. The highest BCUT2D eigenvalue weighted by Crippen LogP contribution is 2.16. The zero-order chi connectivity index (χ0) is 12.9. The second kappa shape index (κ2) is 5.67. The van der Waals surface area contributed by atoms with Gasteiger partial charge in [0, 0.05) is 0 Å². The van der Waals surface area contributed by atoms with Crippen LogP contribution < -0.4 is 0 Å². The summed E-state index contributed by atoms with van der Waals surface area (Å²) >= 11 is 0. The number of hydrogen-bond acceptors (Lipinski definition) is 2. The second-order valence-electron chi connectivity index (χ2n) is 5.07. The molecular formula is C15H20O2. The third-order valence-corrected chi connectivity index (χ3v) is 2.29. The summed E-state index contributed by atoms with van der Waals surface area (Å²) in [6.45, 7) is 9.31. The minimum absolute atomic E-state index is 0.212. The lowest BCUT2D eigenvalue weighted by atomic mass is 9.99. The first-order valence-electron chi connectivity index (χ1n) is 5.82. The van der Waals surface area contributed by atoms with Crippen molar-refractivity contribution in [1.82, 2.24) is 0 Å². The monoisotopic (exact) mass is 232 g/mol. The van der Waals surface area contributed by atoms with Crippen LogP contribution in [0.2, 0.25) is 0 Å². The summed E-state index contributed by atoms with van der Waals surface area (Å²) in [5.41, 5.74) is 0.665. The van der Waals surface area contributed by atoms with Crippen molar-refractivity contribution in [3.05, 3.63) is 48.6 Å². The topological polar surface area (TPSA) is 26.3 Å². The van der Waals surface area contributed by atoms with Gasteiger partial charge in [-0.3, -0.25) is 4.79 Å². The Labute approximate surface area is 103 Å². The molecule has 0 aliphatic rings. The van der Waals surface area contributed by atoms with Gasteiger partial charge in [0.05, 0.1) is 5.92 Å². The van der Waals surface area contributed by atoms with Crippen molar-refractivity contribution in [2.75, 3.05) is 0 Å². The van der Waals surface area contributed by atoms with Gasteiger partial charge in [0.2, 0.25) is 0 Å². The van der Waals surface area contributed by atoms with E-state index in [4.69, 9.17) is 4.74 Å². The molecule has 0 fully saturated rings. The van der Waals surface area contributed by atoms with Crippen molar-refractivity contribution in [2.45, 2.75) is 32.8 Å². The predicted molar refractivity (Wildman–Crippen MR) is 69.7 cm³/mol. The van der Waals surface area contributed by atoms with E-state index in [2.05, 4.69) is 6.58 Å². The molecular weight excluding hydrogens is 212 g/mol. The Morgan fingerprint density at radius 3 is 2.41 bits per heavy atom. The van der Waals surface area contributed by atoms with E-state index < -0.39 is 5.60 Å². The summed E-state index contributed by atoms with van der Waals surface area (Å²) in [5, 5.41) is 0. The quantitative estimate of drug-likeness (QED) is 0.587. The fourth-order valence-corrected chi connectivity index (χ4v) is 1.51. The van der Waals surface area contributed by atoms with Crippen molar-refractivity contribution < 1.29 is 9.53 Å². The van der Waals surface area contributed by atoms with Gasteiger partial charge in [-0.25, -0.2) is 0 Å². The van der Waals surface area contributed by atoms with Crippen molar-refractivity contribution >= 4 is 5.97 Å². The number of esters is 1. The van der Waals surface area contributed by atoms with E-state index in [1.165, 1.54) is 0 Å². The highest BCUT2D eigenvalue weighted by atomic mass is 16.6. The first kappa shape index (κ1) is 13.5. The molecule has 1 rings (SSSR count). The SMILES string of the molecule is C=C[C@@H](Cc1ccccc1)C(=O)OC(C)(C)C. The molecule has 17 heavy (non-hydrogen) atoms. The molecule has 92 valence electrons. The fraction of sp³-hybridized carbons (Fsp3) is 0.400. The Kier molecular flexibility index (Phi) is 4.50. The summed E-state index contributed by atoms with van der Waals surface area (Å²) < 4.78 is 5.35. The van der Waals surface area contributed by atoms with Crippen LogP contribution in [0, 0.1) is 5.92 Å². The van der Waals surface area contributed by atoms with Crippen LogP contribution in [0.3, 0.4) is 0 Å². The molecule has 1 atom stereocenters. The summed E-state index contributed by atoms with van der Waals surface area (Å²) in [4.78, 5) is 11.9. The van der Waals surface area contributed by atoms with Crippen molar-refractivity contribution in [3.63, 3.8) is 0 Å². The van der Waals surface area contributed by atoms with Gasteiger partial charge >= 0.3 is 5.97 Å². The first-order valence-corrected chi connectivity index (χ1v) is 5.82. The molecule has 0 radical (unpaired) electrons. The maximum atomic E-state index is 11.9. The van der Waals surface area contributed by atoms with Crippen LogP contribution in [0.1, 0.15) is 26.3 Å². The van der Waals surface area contributed by atoms with Gasteiger partial charge in [-0.15, -0.1) is 6.58 Å². The van der Waals surface area contributed by atoms with Crippen LogP contribution >= 0.6 is 0 Å². The highest BCUT2D eigenvalue weighted by Gasteiger charge is 2.22. The van der Waals surface area contributed by atoms with Crippen LogP contribution in [0.5, 0.6) is 0 Å². The number of carbonyl (C=O) groups is 1. The smallest absolute Gasteiger partial charge is 0.313 e. The molecule has 0 N–H and O–H groups in total. The molecule has 0 bridgehead atoms. The molecule has 0 spiro atoms. The average molecular weight is 232 g/mol. The average Bonchev–Trinajstić information content (AvgIpc) is 2.24. The number of benzene rings is 1. The first-order chi connectivity index (χ1) is 7.92. The Bertz CT molecular complexity index is 374. The van der Waals surface area contributed by atoms with Gasteiger partial charge in [-0.05, 0) is 32.8 Å². The molecule has 2 heteroatoms. The normalized spacial score (nSPS) is 12.9. The molecule has 0 unspecified atom stereocenters. The Balaban J connectivity index is 2.66. The van der Waals surface area contributed by atoms with Crippen LogP contribution in [-0.4, -0.2) is 11.6 Å². The molecule has 0 saturated carbocycles. The van der Waals surface area contributed by atoms with E-state index in [1.54, 1.807) is 6.08 Å². The van der Waals surface area contributed by atoms with E-state index in [9.17, 15) is 4.79 Å². The molecule has 0 heterocycles. The largest absolute Gasteiger partial charge is 0.460 e. The highest BCUT2D eigenvalue weighted by molar-refractivity contribution is 5.75. The standard InChI is InChI=1S/C15H20O2/c1-5-13(14(16)17-15(2,3)4)11-12-9-7-6-8-10-12/h5-10,13H,1,11H2,2-4H3/t13-/m0/s1. The molecule has 2 nitrogen and oxygen atoms in total. The van der Waals surface area contributed by atoms with E-state index in [-0.39, 0.29) is 11.9 Å². The molecule has 0 aliphatic carbocycles. The van der Waals surface area contributed by atoms with Gasteiger partial charge < -0.3 is 4.74 Å². The Morgan fingerprint density at radius 2 is 1.94 bits per heavy atom. The fourth-order valence-electron chi connectivity index (χ4n) is 1.51. The zero-order valence-corrected chi connectivity index (χ0v) is 10.8. The Hall–Kier alpha value is -1.57. The molecule has 0 amide bonds. The van der Waals surface area contributed by atoms with Gasteiger partial charge in [0.15, 0.2) is 0 Å². The lowest BCUT2D eigenvalue weighted by molar-refractivity contribution is -0.158. The molecule has 0 aliphatic heterocycles. The molecule has 0 aromatic heterocycles. The molecule has 0 saturated heterocycles. The molecule has 1 aromatic carbocycles. The summed E-state index contributed by atoms with van der Waals surface area (Å²) in [5.74, 6) is -0.493. The third-order valence-electron chi connectivity index (χ3n) is 2.29. The van der Waals surface area contributed by atoms with E-state index in [0.29, 0.717) is 6.42 Å². The van der Waals surface area contributed by atoms with Gasteiger partial charge in [0.1, 0.15) is 5.60 Å². The van der Waals surface area contributed by atoms with Crippen LogP contribution in [0.25, 0.3) is 0 Å². The van der Waals surface area contributed by atoms with Crippen molar-refractivity contribution in [3.8, 4) is 0 Å². The number of rotatable bonds is 4. The van der Waals surface area contributed by atoms with Gasteiger partial charge in [0.25, 0.3) is 0 Å². The van der Waals surface area contributed by atoms with Gasteiger partial charge in [-0.2, -0.15) is 0 Å². The van der Waals surface area contributed by atoms with Crippen molar-refractivity contribution in [2.24, 2.45) is 5.92 Å². The van der Waals surface area contributed by atoms with Crippen molar-refractivity contribution in [1.29, 1.82) is 0 Å². The Morgan fingerprint density at radius 1 is 1.35 bits per heavy atom. The predicted octanol–water partition coefficient (Wildman–Crippen LogP) is 3.37. The lowest BCUT2D eigenvalue weighted by Crippen LogP contribution is -2.28. The van der Waals surface area contributed by atoms with Gasteiger partial charge in [-0.1, -0.05) is 36.4 Å². The summed E-state index contributed by atoms with van der Waals surface area (Å²) in [6, 6.07) is 9.89. The minimum Gasteiger partial charge on any atom is -0.460 e. The van der Waals surface area contributed by atoms with Crippen LogP contribution in [0.4, 0.5) is 0 Å². The number of ether oxygens (including phenoxy) is 1.